The van der Waals surface area contributed by atoms with Crippen molar-refractivity contribution in [2.75, 3.05) is 0 Å². The van der Waals surface area contributed by atoms with Gasteiger partial charge in [-0.05, 0) is 57.9 Å². The number of hydrogen-bond acceptors (Lipinski definition) is 4. The van der Waals surface area contributed by atoms with Gasteiger partial charge in [-0.1, -0.05) is 41.9 Å². The number of phenols is 1. The summed E-state index contributed by atoms with van der Waals surface area (Å²) in [4.78, 5) is 16.8. The van der Waals surface area contributed by atoms with E-state index >= 15 is 0 Å². The number of hydrogen-bond donors (Lipinski definition) is 1. The number of phenolic OH excluding ortho intramolecular Hbond substituents is 1. The fourth-order valence-corrected chi connectivity index (χ4v) is 3.68. The summed E-state index contributed by atoms with van der Waals surface area (Å²) in [6.45, 7) is 0. The molecule has 1 aromatic heterocycles. The zero-order valence-corrected chi connectivity index (χ0v) is 16.7. The maximum absolute atomic E-state index is 12.4. The van der Waals surface area contributed by atoms with Crippen LogP contribution in [0.3, 0.4) is 0 Å². The molecule has 0 unspecified atom stereocenters. The Hall–Kier alpha value is -2.89. The smallest absolute Gasteiger partial charge is 0.344 e. The second-order valence-electron chi connectivity index (χ2n) is 6.12. The Morgan fingerprint density at radius 1 is 1.04 bits per heavy atom. The summed E-state index contributed by atoms with van der Waals surface area (Å²) in [6, 6.07) is 19.6. The first-order valence-electron chi connectivity index (χ1n) is 8.37. The summed E-state index contributed by atoms with van der Waals surface area (Å²) in [5.41, 5.74) is 2.41. The standard InChI is InChI=1S/C22H13BrClNO3/c23-19-11-16(24)8-15(21(19)26)12-25-17-6-3-5-13(9-17)18-10-14-4-1-2-7-20(14)28-22(18)27/h1-12,26H. The van der Waals surface area contributed by atoms with E-state index in [4.69, 9.17) is 16.0 Å². The maximum atomic E-state index is 12.4. The number of fused-ring (bicyclic) bond motifs is 1. The van der Waals surface area contributed by atoms with Crippen molar-refractivity contribution in [3.8, 4) is 16.9 Å². The molecule has 1 N–H and O–H groups in total. The topological polar surface area (TPSA) is 62.8 Å². The predicted octanol–water partition coefficient (Wildman–Crippen LogP) is 6.33. The minimum Gasteiger partial charge on any atom is -0.506 e. The van der Waals surface area contributed by atoms with Crippen LogP contribution in [0.4, 0.5) is 5.69 Å². The van der Waals surface area contributed by atoms with Crippen LogP contribution >= 0.6 is 27.5 Å². The normalized spacial score (nSPS) is 11.4. The first-order valence-corrected chi connectivity index (χ1v) is 9.54. The van der Waals surface area contributed by atoms with Gasteiger partial charge in [-0.2, -0.15) is 0 Å². The molecule has 0 aliphatic rings. The largest absolute Gasteiger partial charge is 0.506 e. The lowest BCUT2D eigenvalue weighted by atomic mass is 10.1. The van der Waals surface area contributed by atoms with Crippen molar-refractivity contribution in [1.29, 1.82) is 0 Å². The lowest BCUT2D eigenvalue weighted by Crippen LogP contribution is -2.02. The Balaban J connectivity index is 1.73. The highest BCUT2D eigenvalue weighted by Gasteiger charge is 2.09. The average Bonchev–Trinajstić information content (AvgIpc) is 2.69. The van der Waals surface area contributed by atoms with Gasteiger partial charge in [0.25, 0.3) is 0 Å². The van der Waals surface area contributed by atoms with Gasteiger partial charge in [0.15, 0.2) is 0 Å². The summed E-state index contributed by atoms with van der Waals surface area (Å²) in [5, 5.41) is 11.4. The molecule has 0 saturated carbocycles. The van der Waals surface area contributed by atoms with Crippen molar-refractivity contribution in [2.45, 2.75) is 0 Å². The third-order valence-corrected chi connectivity index (χ3v) is 5.03. The Kier molecular flexibility index (Phi) is 5.03. The molecule has 138 valence electrons. The van der Waals surface area contributed by atoms with E-state index in [1.165, 1.54) is 6.21 Å². The van der Waals surface area contributed by atoms with Gasteiger partial charge < -0.3 is 9.52 Å². The maximum Gasteiger partial charge on any atom is 0.344 e. The minimum atomic E-state index is -0.406. The van der Waals surface area contributed by atoms with Gasteiger partial charge in [-0.15, -0.1) is 0 Å². The quantitative estimate of drug-likeness (QED) is 0.290. The fraction of sp³-hybridized carbons (Fsp3) is 0. The highest BCUT2D eigenvalue weighted by Crippen LogP contribution is 2.31. The third kappa shape index (κ3) is 3.72. The Morgan fingerprint density at radius 3 is 2.71 bits per heavy atom. The van der Waals surface area contributed by atoms with Gasteiger partial charge in [-0.3, -0.25) is 4.99 Å². The molecule has 0 fully saturated rings. The van der Waals surface area contributed by atoms with Crippen molar-refractivity contribution in [3.05, 3.63) is 92.2 Å². The molecule has 0 radical (unpaired) electrons. The fourth-order valence-electron chi connectivity index (χ4n) is 2.85. The van der Waals surface area contributed by atoms with E-state index in [1.807, 2.05) is 36.4 Å². The van der Waals surface area contributed by atoms with Gasteiger partial charge in [0.1, 0.15) is 11.3 Å². The molecule has 0 aliphatic carbocycles. The van der Waals surface area contributed by atoms with Crippen LogP contribution in [0.25, 0.3) is 22.1 Å². The number of rotatable bonds is 3. The molecular formula is C22H13BrClNO3. The van der Waals surface area contributed by atoms with Gasteiger partial charge >= 0.3 is 5.63 Å². The number of aliphatic imine (C=N–C) groups is 1. The molecule has 0 saturated heterocycles. The lowest BCUT2D eigenvalue weighted by Gasteiger charge is -2.04. The van der Waals surface area contributed by atoms with Crippen molar-refractivity contribution < 1.29 is 9.52 Å². The van der Waals surface area contributed by atoms with Crippen LogP contribution in [0.15, 0.2) is 85.4 Å². The van der Waals surface area contributed by atoms with Gasteiger partial charge in [0, 0.05) is 22.2 Å². The predicted molar refractivity (Wildman–Crippen MR) is 116 cm³/mol. The molecule has 4 rings (SSSR count). The van der Waals surface area contributed by atoms with E-state index < -0.39 is 5.63 Å². The van der Waals surface area contributed by atoms with Crippen LogP contribution in [0, 0.1) is 0 Å². The summed E-state index contributed by atoms with van der Waals surface area (Å²) in [5.74, 6) is 0.0551. The van der Waals surface area contributed by atoms with Crippen LogP contribution in [0.5, 0.6) is 5.75 Å². The van der Waals surface area contributed by atoms with Gasteiger partial charge in [0.05, 0.1) is 15.7 Å². The van der Waals surface area contributed by atoms with Crippen LogP contribution in [-0.2, 0) is 0 Å². The number of nitrogens with zero attached hydrogens (tertiary/aromatic N) is 1. The number of benzene rings is 3. The van der Waals surface area contributed by atoms with Crippen LogP contribution in [0.2, 0.25) is 5.02 Å². The zero-order valence-electron chi connectivity index (χ0n) is 14.4. The van der Waals surface area contributed by atoms with Crippen LogP contribution in [0.1, 0.15) is 5.56 Å². The third-order valence-electron chi connectivity index (χ3n) is 4.21. The lowest BCUT2D eigenvalue weighted by molar-refractivity contribution is 0.471. The molecule has 3 aromatic carbocycles. The summed E-state index contributed by atoms with van der Waals surface area (Å²) >= 11 is 9.28. The summed E-state index contributed by atoms with van der Waals surface area (Å²) in [6.07, 6.45) is 1.52. The number of aromatic hydroxyl groups is 1. The van der Waals surface area contributed by atoms with E-state index in [-0.39, 0.29) is 5.75 Å². The van der Waals surface area contributed by atoms with E-state index in [1.54, 1.807) is 30.3 Å². The zero-order chi connectivity index (χ0) is 19.7. The average molecular weight is 455 g/mol. The molecule has 0 atom stereocenters. The van der Waals surface area contributed by atoms with Gasteiger partial charge in [0.2, 0.25) is 0 Å². The first kappa shape index (κ1) is 18.5. The molecule has 0 amide bonds. The van der Waals surface area contributed by atoms with Crippen molar-refractivity contribution in [1.82, 2.24) is 0 Å². The molecule has 1 heterocycles. The molecule has 6 heteroatoms. The molecule has 0 aliphatic heterocycles. The highest BCUT2D eigenvalue weighted by atomic mass is 79.9. The highest BCUT2D eigenvalue weighted by molar-refractivity contribution is 9.10. The molecule has 0 spiro atoms. The van der Waals surface area contributed by atoms with E-state index in [0.29, 0.717) is 37.5 Å². The summed E-state index contributed by atoms with van der Waals surface area (Å²) in [7, 11) is 0. The second-order valence-corrected chi connectivity index (χ2v) is 7.41. The van der Waals surface area contributed by atoms with Crippen LogP contribution in [-0.4, -0.2) is 11.3 Å². The molecular weight excluding hydrogens is 442 g/mol. The van der Waals surface area contributed by atoms with E-state index in [2.05, 4.69) is 20.9 Å². The Morgan fingerprint density at radius 2 is 1.86 bits per heavy atom. The molecule has 0 bridgehead atoms. The number of halogens is 2. The molecule has 28 heavy (non-hydrogen) atoms. The SMILES string of the molecule is O=c1oc2ccccc2cc1-c1cccc(N=Cc2cc(Cl)cc(Br)c2O)c1. The molecule has 4 aromatic rings. The van der Waals surface area contributed by atoms with Crippen molar-refractivity contribution in [2.24, 2.45) is 4.99 Å². The summed E-state index contributed by atoms with van der Waals surface area (Å²) < 4.78 is 5.90. The Bertz CT molecular complexity index is 1280. The van der Waals surface area contributed by atoms with E-state index in [9.17, 15) is 9.90 Å². The second kappa shape index (κ2) is 7.62. The first-order chi connectivity index (χ1) is 13.5. The minimum absolute atomic E-state index is 0.0551. The monoisotopic (exact) mass is 453 g/mol. The number of para-hydroxylation sites is 1. The van der Waals surface area contributed by atoms with Crippen molar-refractivity contribution in [3.63, 3.8) is 0 Å². The van der Waals surface area contributed by atoms with Crippen molar-refractivity contribution >= 4 is 50.4 Å². The van der Waals surface area contributed by atoms with Crippen LogP contribution < -0.4 is 5.63 Å². The van der Waals surface area contributed by atoms with E-state index in [0.717, 1.165) is 5.39 Å². The molecule has 4 nitrogen and oxygen atoms in total. The van der Waals surface area contributed by atoms with Gasteiger partial charge in [-0.25, -0.2) is 4.79 Å². The Labute approximate surface area is 173 Å².